The summed E-state index contributed by atoms with van der Waals surface area (Å²) in [6, 6.07) is 15.6. The summed E-state index contributed by atoms with van der Waals surface area (Å²) in [6.45, 7) is 1.74. The van der Waals surface area contributed by atoms with E-state index in [1.807, 2.05) is 49.3 Å². The number of carbonyl (C=O) groups is 1. The summed E-state index contributed by atoms with van der Waals surface area (Å²) < 4.78 is 0. The van der Waals surface area contributed by atoms with Crippen molar-refractivity contribution in [3.8, 4) is 0 Å². The van der Waals surface area contributed by atoms with Gasteiger partial charge in [-0.1, -0.05) is 24.3 Å². The first kappa shape index (κ1) is 22.0. The molecule has 1 heterocycles. The van der Waals surface area contributed by atoms with E-state index in [2.05, 4.69) is 16.7 Å². The van der Waals surface area contributed by atoms with E-state index in [-0.39, 0.29) is 0 Å². The molecule has 2 aromatic carbocycles. The molecular formula is C25H31N5O2. The molecule has 0 radical (unpaired) electrons. The quantitative estimate of drug-likeness (QED) is 0.491. The van der Waals surface area contributed by atoms with Crippen LogP contribution in [0.3, 0.4) is 0 Å². The van der Waals surface area contributed by atoms with Crippen LogP contribution in [0.25, 0.3) is 10.9 Å². The minimum absolute atomic E-state index is 0.327. The van der Waals surface area contributed by atoms with Crippen LogP contribution in [-0.4, -0.2) is 47.7 Å². The van der Waals surface area contributed by atoms with Gasteiger partial charge >= 0.3 is 5.97 Å². The van der Waals surface area contributed by atoms with E-state index in [9.17, 15) is 4.79 Å². The average Bonchev–Trinajstić information content (AvgIpc) is 2.80. The molecule has 1 aromatic heterocycles. The van der Waals surface area contributed by atoms with Crippen molar-refractivity contribution in [3.63, 3.8) is 0 Å². The Hall–Kier alpha value is -3.19. The monoisotopic (exact) mass is 433 g/mol. The molecule has 1 aliphatic rings. The molecule has 0 aliphatic heterocycles. The molecule has 0 unspecified atom stereocenters. The first-order valence-electron chi connectivity index (χ1n) is 11.2. The summed E-state index contributed by atoms with van der Waals surface area (Å²) in [5.74, 6) is 1.41. The van der Waals surface area contributed by atoms with Crippen LogP contribution in [0.2, 0.25) is 0 Å². The number of hydrogen-bond acceptors (Lipinski definition) is 6. The van der Waals surface area contributed by atoms with Gasteiger partial charge in [-0.25, -0.2) is 9.78 Å². The summed E-state index contributed by atoms with van der Waals surface area (Å²) in [5, 5.41) is 17.1. The Kier molecular flexibility index (Phi) is 6.85. The zero-order valence-electron chi connectivity index (χ0n) is 18.7. The van der Waals surface area contributed by atoms with E-state index in [4.69, 9.17) is 15.1 Å². The van der Waals surface area contributed by atoms with Crippen molar-refractivity contribution in [3.05, 3.63) is 59.7 Å². The molecular weight excluding hydrogens is 402 g/mol. The van der Waals surface area contributed by atoms with E-state index in [1.54, 1.807) is 12.1 Å². The second-order valence-corrected chi connectivity index (χ2v) is 8.78. The number of rotatable bonds is 8. The molecule has 0 saturated heterocycles. The number of anilines is 2. The van der Waals surface area contributed by atoms with Gasteiger partial charge in [0, 0.05) is 32.1 Å². The fraction of sp³-hybridized carbons (Fsp3) is 0.400. The van der Waals surface area contributed by atoms with Crippen LogP contribution in [0, 0.1) is 5.92 Å². The highest BCUT2D eigenvalue weighted by Gasteiger charge is 2.22. The Morgan fingerprint density at radius 3 is 2.44 bits per heavy atom. The first-order valence-corrected chi connectivity index (χ1v) is 11.2. The fourth-order valence-electron chi connectivity index (χ4n) is 4.34. The Bertz CT molecular complexity index is 1060. The number of fused-ring (bicyclic) bond motifs is 1. The highest BCUT2D eigenvalue weighted by molar-refractivity contribution is 5.90. The highest BCUT2D eigenvalue weighted by atomic mass is 16.4. The average molecular weight is 434 g/mol. The minimum Gasteiger partial charge on any atom is -0.478 e. The summed E-state index contributed by atoms with van der Waals surface area (Å²) >= 11 is 0. The molecule has 7 nitrogen and oxygen atoms in total. The van der Waals surface area contributed by atoms with E-state index in [0.717, 1.165) is 61.1 Å². The zero-order valence-corrected chi connectivity index (χ0v) is 18.7. The van der Waals surface area contributed by atoms with Crippen molar-refractivity contribution in [2.45, 2.75) is 38.3 Å². The Morgan fingerprint density at radius 1 is 1.03 bits per heavy atom. The van der Waals surface area contributed by atoms with Crippen molar-refractivity contribution in [1.29, 1.82) is 0 Å². The third-order valence-corrected chi connectivity index (χ3v) is 6.15. The van der Waals surface area contributed by atoms with Gasteiger partial charge in [0.25, 0.3) is 0 Å². The van der Waals surface area contributed by atoms with Crippen LogP contribution >= 0.6 is 0 Å². The van der Waals surface area contributed by atoms with Gasteiger partial charge in [-0.2, -0.15) is 4.98 Å². The molecule has 0 spiro atoms. The third kappa shape index (κ3) is 5.34. The van der Waals surface area contributed by atoms with Crippen LogP contribution in [0.1, 0.15) is 41.6 Å². The maximum absolute atomic E-state index is 10.9. The lowest BCUT2D eigenvalue weighted by atomic mass is 9.86. The molecule has 0 bridgehead atoms. The van der Waals surface area contributed by atoms with Crippen LogP contribution in [0.15, 0.2) is 48.5 Å². The van der Waals surface area contributed by atoms with Crippen LogP contribution in [0.4, 0.5) is 11.8 Å². The molecule has 32 heavy (non-hydrogen) atoms. The number of carboxylic acid groups (broad SMARTS) is 1. The van der Waals surface area contributed by atoms with Crippen molar-refractivity contribution in [2.24, 2.45) is 5.92 Å². The summed E-state index contributed by atoms with van der Waals surface area (Å²) in [6.07, 6.45) is 4.54. The number of nitrogens with zero attached hydrogens (tertiary/aromatic N) is 3. The maximum atomic E-state index is 10.9. The normalized spacial score (nSPS) is 18.4. The van der Waals surface area contributed by atoms with Crippen molar-refractivity contribution in [1.82, 2.24) is 15.3 Å². The lowest BCUT2D eigenvalue weighted by molar-refractivity contribution is 0.0697. The Morgan fingerprint density at radius 2 is 1.75 bits per heavy atom. The van der Waals surface area contributed by atoms with Gasteiger partial charge in [0.1, 0.15) is 5.82 Å². The molecule has 7 heteroatoms. The largest absolute Gasteiger partial charge is 0.478 e. The topological polar surface area (TPSA) is 90.4 Å². The smallest absolute Gasteiger partial charge is 0.335 e. The van der Waals surface area contributed by atoms with Crippen molar-refractivity contribution < 1.29 is 9.90 Å². The number of aromatic carboxylic acids is 1. The van der Waals surface area contributed by atoms with Crippen LogP contribution in [0.5, 0.6) is 0 Å². The summed E-state index contributed by atoms with van der Waals surface area (Å²) in [7, 11) is 4.02. The van der Waals surface area contributed by atoms with Crippen LogP contribution in [-0.2, 0) is 6.54 Å². The van der Waals surface area contributed by atoms with Crippen LogP contribution < -0.4 is 15.5 Å². The molecule has 1 saturated carbocycles. The highest BCUT2D eigenvalue weighted by Crippen LogP contribution is 2.28. The lowest BCUT2D eigenvalue weighted by Gasteiger charge is -2.29. The van der Waals surface area contributed by atoms with Gasteiger partial charge in [0.2, 0.25) is 5.95 Å². The van der Waals surface area contributed by atoms with E-state index < -0.39 is 5.97 Å². The molecule has 4 rings (SSSR count). The number of nitrogens with one attached hydrogen (secondary N) is 2. The SMILES string of the molecule is CN(C)c1nc(N[C@H]2CC[C@@H](CNCc3ccc(C(=O)O)cc3)CC2)nc2ccccc12. The zero-order chi connectivity index (χ0) is 22.5. The minimum atomic E-state index is -0.887. The predicted octanol–water partition coefficient (Wildman–Crippen LogP) is 4.15. The number of aromatic nitrogens is 2. The van der Waals surface area contributed by atoms with Gasteiger partial charge in [0.15, 0.2) is 0 Å². The number of para-hydroxylation sites is 1. The molecule has 168 valence electrons. The molecule has 3 N–H and O–H groups in total. The molecule has 0 atom stereocenters. The molecule has 1 fully saturated rings. The number of benzene rings is 2. The number of carboxylic acids is 1. The van der Waals surface area contributed by atoms with Gasteiger partial charge in [0.05, 0.1) is 11.1 Å². The lowest BCUT2D eigenvalue weighted by Crippen LogP contribution is -2.31. The van der Waals surface area contributed by atoms with E-state index in [0.29, 0.717) is 23.5 Å². The van der Waals surface area contributed by atoms with Crippen molar-refractivity contribution in [2.75, 3.05) is 30.9 Å². The van der Waals surface area contributed by atoms with Gasteiger partial charge in [-0.15, -0.1) is 0 Å². The standard InChI is InChI=1S/C25H31N5O2/c1-30(2)23-21-5-3-4-6-22(21)28-25(29-23)27-20-13-9-18(10-14-20)16-26-15-17-7-11-19(12-8-17)24(31)32/h3-8,11-12,18,20,26H,9-10,13-16H2,1-2H3,(H,31,32)(H,27,28,29)/t18-,20+. The second kappa shape index (κ2) is 9.96. The van der Waals surface area contributed by atoms with E-state index >= 15 is 0 Å². The van der Waals surface area contributed by atoms with Gasteiger partial charge in [-0.3, -0.25) is 0 Å². The van der Waals surface area contributed by atoms with Gasteiger partial charge < -0.3 is 20.6 Å². The maximum Gasteiger partial charge on any atom is 0.335 e. The molecule has 1 aliphatic carbocycles. The molecule has 0 amide bonds. The van der Waals surface area contributed by atoms with Crippen molar-refractivity contribution >= 4 is 28.6 Å². The van der Waals surface area contributed by atoms with Gasteiger partial charge in [-0.05, 0) is 68.0 Å². The number of hydrogen-bond donors (Lipinski definition) is 3. The summed E-state index contributed by atoms with van der Waals surface area (Å²) in [5.41, 5.74) is 2.39. The summed E-state index contributed by atoms with van der Waals surface area (Å²) in [4.78, 5) is 22.5. The second-order valence-electron chi connectivity index (χ2n) is 8.78. The third-order valence-electron chi connectivity index (χ3n) is 6.15. The first-order chi connectivity index (χ1) is 15.5. The van der Waals surface area contributed by atoms with E-state index in [1.165, 1.54) is 0 Å². The Labute approximate surface area is 188 Å². The Balaban J connectivity index is 1.26. The molecule has 3 aromatic rings. The fourth-order valence-corrected chi connectivity index (χ4v) is 4.34. The predicted molar refractivity (Wildman–Crippen MR) is 128 cm³/mol.